The molecule has 0 aliphatic heterocycles. The summed E-state index contributed by atoms with van der Waals surface area (Å²) in [6, 6.07) is 10.7. The van der Waals surface area contributed by atoms with E-state index in [0.717, 1.165) is 11.4 Å². The average Bonchev–Trinajstić information content (AvgIpc) is 2.48. The fourth-order valence-electron chi connectivity index (χ4n) is 1.91. The molecule has 2 rings (SSSR count). The highest BCUT2D eigenvalue weighted by Crippen LogP contribution is 2.13. The van der Waals surface area contributed by atoms with E-state index < -0.39 is 11.9 Å². The molecule has 2 heterocycles. The molecule has 0 saturated heterocycles. The monoisotopic (exact) mass is 282 g/mol. The van der Waals surface area contributed by atoms with Gasteiger partial charge in [0.2, 0.25) is 5.91 Å². The van der Waals surface area contributed by atoms with Crippen molar-refractivity contribution in [2.45, 2.75) is 19.9 Å². The van der Waals surface area contributed by atoms with Crippen molar-refractivity contribution < 1.29 is 4.79 Å². The highest BCUT2D eigenvalue weighted by atomic mass is 16.1. The van der Waals surface area contributed by atoms with E-state index in [-0.39, 0.29) is 5.92 Å². The second-order valence-corrected chi connectivity index (χ2v) is 5.03. The highest BCUT2D eigenvalue weighted by molar-refractivity contribution is 5.85. The second kappa shape index (κ2) is 6.74. The van der Waals surface area contributed by atoms with Crippen LogP contribution in [0.2, 0.25) is 0 Å². The third-order valence-electron chi connectivity index (χ3n) is 2.99. The lowest BCUT2D eigenvalue weighted by molar-refractivity contribution is -0.119. The molecule has 0 unspecified atom stereocenters. The Kier molecular flexibility index (Phi) is 4.77. The number of pyridine rings is 2. The molecule has 2 aromatic heterocycles. The Morgan fingerprint density at radius 2 is 1.95 bits per heavy atom. The Balaban J connectivity index is 2.24. The molecule has 0 aliphatic rings. The van der Waals surface area contributed by atoms with E-state index in [1.165, 1.54) is 0 Å². The molecule has 0 saturated carbocycles. The number of carbonyl (C=O) groups excluding carboxylic acids is 1. The van der Waals surface area contributed by atoms with E-state index >= 15 is 0 Å². The van der Waals surface area contributed by atoms with Gasteiger partial charge in [-0.1, -0.05) is 26.0 Å². The van der Waals surface area contributed by atoms with Crippen LogP contribution in [-0.2, 0) is 4.79 Å². The normalized spacial score (nSPS) is 12.7. The van der Waals surface area contributed by atoms with Crippen LogP contribution >= 0.6 is 0 Å². The molecule has 5 nitrogen and oxygen atoms in total. The van der Waals surface area contributed by atoms with Crippen LogP contribution in [0.5, 0.6) is 0 Å². The Morgan fingerprint density at radius 3 is 2.57 bits per heavy atom. The van der Waals surface area contributed by atoms with Crippen molar-refractivity contribution in [3.05, 3.63) is 48.3 Å². The van der Waals surface area contributed by atoms with Gasteiger partial charge in [-0.25, -0.2) is 4.98 Å². The number of primary amides is 1. The van der Waals surface area contributed by atoms with Gasteiger partial charge in [0.1, 0.15) is 6.04 Å². The summed E-state index contributed by atoms with van der Waals surface area (Å²) in [4.78, 5) is 24.3. The number of aliphatic imine (C=N–C) groups is 1. The van der Waals surface area contributed by atoms with Crippen molar-refractivity contribution in [1.29, 1.82) is 0 Å². The number of aromatic nitrogens is 2. The molecular formula is C16H18N4O. The first-order chi connectivity index (χ1) is 10.1. The Labute approximate surface area is 124 Å². The molecule has 0 fully saturated rings. The summed E-state index contributed by atoms with van der Waals surface area (Å²) >= 11 is 0. The van der Waals surface area contributed by atoms with Gasteiger partial charge in [-0.05, 0) is 30.2 Å². The number of hydrogen-bond acceptors (Lipinski definition) is 4. The minimum atomic E-state index is -0.537. The van der Waals surface area contributed by atoms with Gasteiger partial charge >= 0.3 is 0 Å². The molecular weight excluding hydrogens is 264 g/mol. The van der Waals surface area contributed by atoms with Gasteiger partial charge in [0.25, 0.3) is 0 Å². The molecule has 21 heavy (non-hydrogen) atoms. The summed E-state index contributed by atoms with van der Waals surface area (Å²) in [6.07, 6.45) is 3.31. The van der Waals surface area contributed by atoms with Gasteiger partial charge in [-0.15, -0.1) is 0 Å². The standard InChI is InChI=1S/C16H18N4O/c1-11(2)15(16(17)21)19-10-12-6-5-8-14(20-12)13-7-3-4-9-18-13/h3-11,15H,1-2H3,(H2,17,21)/t15-/m1/s1. The highest BCUT2D eigenvalue weighted by Gasteiger charge is 2.17. The molecule has 108 valence electrons. The van der Waals surface area contributed by atoms with E-state index in [1.807, 2.05) is 50.2 Å². The van der Waals surface area contributed by atoms with E-state index in [0.29, 0.717) is 5.69 Å². The summed E-state index contributed by atoms with van der Waals surface area (Å²) in [5, 5.41) is 0. The molecule has 0 bridgehead atoms. The summed E-state index contributed by atoms with van der Waals surface area (Å²) in [5.41, 5.74) is 7.57. The van der Waals surface area contributed by atoms with Crippen molar-refractivity contribution >= 4 is 12.1 Å². The molecule has 0 aromatic carbocycles. The minimum Gasteiger partial charge on any atom is -0.368 e. The first-order valence-corrected chi connectivity index (χ1v) is 6.79. The van der Waals surface area contributed by atoms with Gasteiger partial charge in [0, 0.05) is 12.4 Å². The molecule has 0 radical (unpaired) electrons. The van der Waals surface area contributed by atoms with Crippen LogP contribution in [0.4, 0.5) is 0 Å². The lowest BCUT2D eigenvalue weighted by Crippen LogP contribution is -2.31. The van der Waals surface area contributed by atoms with Crippen molar-refractivity contribution in [1.82, 2.24) is 9.97 Å². The zero-order valence-corrected chi connectivity index (χ0v) is 12.1. The number of nitrogens with two attached hydrogens (primary N) is 1. The first kappa shape index (κ1) is 14.8. The minimum absolute atomic E-state index is 0.0534. The Morgan fingerprint density at radius 1 is 1.19 bits per heavy atom. The van der Waals surface area contributed by atoms with Crippen molar-refractivity contribution in [3.8, 4) is 11.4 Å². The third kappa shape index (κ3) is 3.95. The number of rotatable bonds is 5. The maximum Gasteiger partial charge on any atom is 0.242 e. The van der Waals surface area contributed by atoms with Gasteiger partial charge in [-0.2, -0.15) is 0 Å². The van der Waals surface area contributed by atoms with Crippen molar-refractivity contribution in [2.24, 2.45) is 16.6 Å². The van der Waals surface area contributed by atoms with Gasteiger partial charge < -0.3 is 5.73 Å². The maximum atomic E-state index is 11.3. The smallest absolute Gasteiger partial charge is 0.242 e. The van der Waals surface area contributed by atoms with Gasteiger partial charge in [0.15, 0.2) is 0 Å². The van der Waals surface area contributed by atoms with Gasteiger partial charge in [0.05, 0.1) is 17.1 Å². The van der Waals surface area contributed by atoms with E-state index in [4.69, 9.17) is 5.73 Å². The van der Waals surface area contributed by atoms with Crippen LogP contribution in [0.15, 0.2) is 47.6 Å². The summed E-state index contributed by atoms with van der Waals surface area (Å²) < 4.78 is 0. The number of carbonyl (C=O) groups is 1. The molecule has 2 N–H and O–H groups in total. The first-order valence-electron chi connectivity index (χ1n) is 6.79. The molecule has 1 atom stereocenters. The van der Waals surface area contributed by atoms with Gasteiger partial charge in [-0.3, -0.25) is 14.8 Å². The van der Waals surface area contributed by atoms with Crippen LogP contribution in [0.1, 0.15) is 19.5 Å². The zero-order chi connectivity index (χ0) is 15.2. The fourth-order valence-corrected chi connectivity index (χ4v) is 1.91. The van der Waals surface area contributed by atoms with E-state index in [9.17, 15) is 4.79 Å². The molecule has 5 heteroatoms. The Hall–Kier alpha value is -2.56. The molecule has 0 spiro atoms. The Bertz CT molecular complexity index is 638. The SMILES string of the molecule is CC(C)[C@@H](N=Cc1cccc(-c2ccccn2)n1)C(N)=O. The fraction of sp³-hybridized carbons (Fsp3) is 0.250. The molecule has 1 amide bonds. The van der Waals surface area contributed by atoms with E-state index in [2.05, 4.69) is 15.0 Å². The predicted molar refractivity (Wildman–Crippen MR) is 82.9 cm³/mol. The van der Waals surface area contributed by atoms with Crippen LogP contribution in [0.3, 0.4) is 0 Å². The topological polar surface area (TPSA) is 81.2 Å². The lowest BCUT2D eigenvalue weighted by Gasteiger charge is -2.11. The number of hydrogen-bond donors (Lipinski definition) is 1. The quantitative estimate of drug-likeness (QED) is 0.852. The lowest BCUT2D eigenvalue weighted by atomic mass is 10.1. The van der Waals surface area contributed by atoms with Crippen molar-refractivity contribution in [2.75, 3.05) is 0 Å². The summed E-state index contributed by atoms with van der Waals surface area (Å²) in [5.74, 6) is -0.375. The zero-order valence-electron chi connectivity index (χ0n) is 12.1. The van der Waals surface area contributed by atoms with Crippen LogP contribution in [-0.4, -0.2) is 28.1 Å². The van der Waals surface area contributed by atoms with E-state index in [1.54, 1.807) is 12.4 Å². The van der Waals surface area contributed by atoms with Crippen LogP contribution in [0.25, 0.3) is 11.4 Å². The molecule has 0 aliphatic carbocycles. The predicted octanol–water partition coefficient (Wildman–Crippen LogP) is 2.07. The largest absolute Gasteiger partial charge is 0.368 e. The summed E-state index contributed by atoms with van der Waals surface area (Å²) in [6.45, 7) is 3.81. The van der Waals surface area contributed by atoms with Crippen LogP contribution in [0, 0.1) is 5.92 Å². The van der Waals surface area contributed by atoms with Crippen LogP contribution < -0.4 is 5.73 Å². The number of amides is 1. The van der Waals surface area contributed by atoms with Crippen molar-refractivity contribution in [3.63, 3.8) is 0 Å². The maximum absolute atomic E-state index is 11.3. The average molecular weight is 282 g/mol. The molecule has 2 aromatic rings. The third-order valence-corrected chi connectivity index (χ3v) is 2.99. The number of nitrogens with zero attached hydrogens (tertiary/aromatic N) is 3. The summed E-state index contributed by atoms with van der Waals surface area (Å²) in [7, 11) is 0. The second-order valence-electron chi connectivity index (χ2n) is 5.03.